The number of carbonyl (C=O) groups excluding carboxylic acids is 2. The van der Waals surface area contributed by atoms with Crippen molar-refractivity contribution in [2.24, 2.45) is 0 Å². The van der Waals surface area contributed by atoms with Gasteiger partial charge in [0.25, 0.3) is 0 Å². The molecule has 2 saturated heterocycles. The zero-order valence-electron chi connectivity index (χ0n) is 16.4. The van der Waals surface area contributed by atoms with E-state index in [1.165, 1.54) is 13.8 Å². The number of ether oxygens (including phenoxy) is 2. The molecule has 0 aromatic heterocycles. The molecule has 176 valence electrons. The molecule has 10 N–H and O–H groups in total. The standard InChI is InChI=1S/2C8H15NO6/c2*1-3(11)9-5-7(13)6(12)4(2-10)15-8(5)14/h2*4-8,10,12-14H,2H2,1H3,(H,9,11)/t2*4-,5-,6+,7-,8-/m11/s1. The lowest BCUT2D eigenvalue weighted by molar-refractivity contribution is -0.253. The minimum Gasteiger partial charge on any atom is -0.394 e. The van der Waals surface area contributed by atoms with Gasteiger partial charge in [-0.15, -0.1) is 0 Å². The minimum atomic E-state index is -1.45. The Morgan fingerprint density at radius 1 is 0.667 bits per heavy atom. The van der Waals surface area contributed by atoms with Gasteiger partial charge in [0.05, 0.1) is 13.2 Å². The molecule has 0 bridgehead atoms. The smallest absolute Gasteiger partial charge is 0.217 e. The molecule has 2 aliphatic heterocycles. The number of rotatable bonds is 4. The van der Waals surface area contributed by atoms with Gasteiger partial charge in [0.15, 0.2) is 12.6 Å². The highest BCUT2D eigenvalue weighted by molar-refractivity contribution is 5.73. The normalized spacial score (nSPS) is 41.3. The van der Waals surface area contributed by atoms with Crippen molar-refractivity contribution >= 4 is 11.8 Å². The van der Waals surface area contributed by atoms with Crippen LogP contribution >= 0.6 is 0 Å². The van der Waals surface area contributed by atoms with Gasteiger partial charge in [-0.05, 0) is 0 Å². The number of amides is 2. The molecule has 0 aromatic carbocycles. The molecule has 0 radical (unpaired) electrons. The molecule has 2 fully saturated rings. The lowest BCUT2D eigenvalue weighted by Crippen LogP contribution is -2.63. The van der Waals surface area contributed by atoms with Crippen LogP contribution in [0.4, 0.5) is 0 Å². The van der Waals surface area contributed by atoms with Crippen molar-refractivity contribution in [2.75, 3.05) is 13.2 Å². The second-order valence-corrected chi connectivity index (χ2v) is 6.91. The van der Waals surface area contributed by atoms with Crippen molar-refractivity contribution < 1.29 is 59.9 Å². The molecular formula is C16H30N2O12. The van der Waals surface area contributed by atoms with Gasteiger partial charge in [-0.25, -0.2) is 0 Å². The number of nitrogens with one attached hydrogen (secondary N) is 2. The quantitative estimate of drug-likeness (QED) is 0.196. The number of hydrogen-bond acceptors (Lipinski definition) is 12. The molecule has 2 rings (SSSR count). The summed E-state index contributed by atoms with van der Waals surface area (Å²) >= 11 is 0. The highest BCUT2D eigenvalue weighted by Gasteiger charge is 2.44. The fourth-order valence-corrected chi connectivity index (χ4v) is 2.98. The van der Waals surface area contributed by atoms with E-state index < -0.39 is 86.3 Å². The Kier molecular flexibility index (Phi) is 10.5. The van der Waals surface area contributed by atoms with Crippen LogP contribution in [0.25, 0.3) is 0 Å². The predicted molar refractivity (Wildman–Crippen MR) is 95.2 cm³/mol. The van der Waals surface area contributed by atoms with Crippen LogP contribution in [-0.2, 0) is 19.1 Å². The first kappa shape index (κ1) is 26.6. The van der Waals surface area contributed by atoms with Crippen LogP contribution in [0.1, 0.15) is 13.8 Å². The van der Waals surface area contributed by atoms with E-state index in [1.807, 2.05) is 0 Å². The van der Waals surface area contributed by atoms with E-state index in [0.29, 0.717) is 0 Å². The van der Waals surface area contributed by atoms with Crippen molar-refractivity contribution in [3.05, 3.63) is 0 Å². The molecule has 2 aliphatic rings. The molecule has 2 amide bonds. The first-order valence-corrected chi connectivity index (χ1v) is 9.09. The Balaban J connectivity index is 0.000000300. The van der Waals surface area contributed by atoms with Crippen LogP contribution in [0.2, 0.25) is 0 Å². The molecule has 0 aliphatic carbocycles. The Morgan fingerprint density at radius 3 is 1.20 bits per heavy atom. The average Bonchev–Trinajstić information content (AvgIpc) is 2.68. The van der Waals surface area contributed by atoms with Gasteiger partial charge in [-0.1, -0.05) is 0 Å². The second-order valence-electron chi connectivity index (χ2n) is 6.91. The van der Waals surface area contributed by atoms with Crippen molar-refractivity contribution in [1.29, 1.82) is 0 Å². The number of carbonyl (C=O) groups is 2. The molecular weight excluding hydrogens is 412 g/mol. The van der Waals surface area contributed by atoms with Crippen LogP contribution < -0.4 is 10.6 Å². The maximum atomic E-state index is 10.7. The summed E-state index contributed by atoms with van der Waals surface area (Å²) in [4.78, 5) is 21.5. The second kappa shape index (κ2) is 11.8. The Bertz CT molecular complexity index is 518. The van der Waals surface area contributed by atoms with Gasteiger partial charge in [-0.3, -0.25) is 9.59 Å². The summed E-state index contributed by atoms with van der Waals surface area (Å²) in [5.74, 6) is -0.923. The summed E-state index contributed by atoms with van der Waals surface area (Å²) in [7, 11) is 0. The Labute approximate surface area is 171 Å². The van der Waals surface area contributed by atoms with Crippen LogP contribution in [0.15, 0.2) is 0 Å². The van der Waals surface area contributed by atoms with Crippen LogP contribution in [0.3, 0.4) is 0 Å². The van der Waals surface area contributed by atoms with Gasteiger partial charge in [0.1, 0.15) is 48.7 Å². The SMILES string of the molecule is CC(=O)N[C@@H]1[C@@H](O)[C@@H](O)[C@@H](CO)O[C@H]1O.CC(=O)N[C@@H]1[C@@H](O)[C@@H](O)[C@@H](CO)O[C@H]1O. The zero-order chi connectivity index (χ0) is 23.2. The predicted octanol–water partition coefficient (Wildman–Crippen LogP) is -6.16. The van der Waals surface area contributed by atoms with Crippen molar-refractivity contribution in [3.63, 3.8) is 0 Å². The van der Waals surface area contributed by atoms with E-state index in [0.717, 1.165) is 0 Å². The van der Waals surface area contributed by atoms with E-state index in [4.69, 9.17) is 19.7 Å². The molecule has 0 unspecified atom stereocenters. The number of aliphatic hydroxyl groups is 8. The number of aliphatic hydroxyl groups excluding tert-OH is 8. The van der Waals surface area contributed by atoms with Crippen LogP contribution in [0, 0.1) is 0 Å². The van der Waals surface area contributed by atoms with E-state index in [2.05, 4.69) is 10.6 Å². The van der Waals surface area contributed by atoms with Crippen LogP contribution in [-0.4, -0.2) is 127 Å². The topological polar surface area (TPSA) is 238 Å². The largest absolute Gasteiger partial charge is 0.394 e. The molecule has 14 nitrogen and oxygen atoms in total. The Hall–Kier alpha value is -1.46. The summed E-state index contributed by atoms with van der Waals surface area (Å²) in [6.45, 7) is 1.37. The number of hydrogen-bond donors (Lipinski definition) is 10. The fraction of sp³-hybridized carbons (Fsp3) is 0.875. The van der Waals surface area contributed by atoms with Gasteiger partial charge >= 0.3 is 0 Å². The minimum absolute atomic E-state index is 0.462. The van der Waals surface area contributed by atoms with E-state index in [9.17, 15) is 40.2 Å². The van der Waals surface area contributed by atoms with Gasteiger partial charge < -0.3 is 61.0 Å². The first-order valence-electron chi connectivity index (χ1n) is 9.09. The summed E-state index contributed by atoms with van der Waals surface area (Å²) in [5, 5.41) is 78.8. The fourth-order valence-electron chi connectivity index (χ4n) is 2.98. The van der Waals surface area contributed by atoms with Crippen molar-refractivity contribution in [1.82, 2.24) is 10.6 Å². The summed E-state index contributed by atoms with van der Waals surface area (Å²) in [6.07, 6.45) is -10.5. The monoisotopic (exact) mass is 442 g/mol. The van der Waals surface area contributed by atoms with E-state index in [-0.39, 0.29) is 0 Å². The summed E-state index contributed by atoms with van der Waals surface area (Å²) < 4.78 is 9.62. The third-order valence-corrected chi connectivity index (χ3v) is 4.54. The van der Waals surface area contributed by atoms with Gasteiger partial charge in [0.2, 0.25) is 11.8 Å². The van der Waals surface area contributed by atoms with Crippen molar-refractivity contribution in [2.45, 2.75) is 75.1 Å². The maximum Gasteiger partial charge on any atom is 0.217 e. The highest BCUT2D eigenvalue weighted by Crippen LogP contribution is 2.20. The zero-order valence-corrected chi connectivity index (χ0v) is 16.4. The molecule has 14 heteroatoms. The lowest BCUT2D eigenvalue weighted by Gasteiger charge is -2.40. The van der Waals surface area contributed by atoms with E-state index in [1.54, 1.807) is 0 Å². The molecule has 2 heterocycles. The van der Waals surface area contributed by atoms with Gasteiger partial charge in [0, 0.05) is 13.8 Å². The third-order valence-electron chi connectivity index (χ3n) is 4.54. The summed E-state index contributed by atoms with van der Waals surface area (Å²) in [6, 6.07) is -2.19. The van der Waals surface area contributed by atoms with E-state index >= 15 is 0 Å². The molecule has 30 heavy (non-hydrogen) atoms. The lowest BCUT2D eigenvalue weighted by atomic mass is 9.97. The first-order chi connectivity index (χ1) is 13.9. The molecule has 10 atom stereocenters. The molecule has 0 saturated carbocycles. The highest BCUT2D eigenvalue weighted by atomic mass is 16.6. The Morgan fingerprint density at radius 2 is 0.967 bits per heavy atom. The maximum absolute atomic E-state index is 10.7. The van der Waals surface area contributed by atoms with Gasteiger partial charge in [-0.2, -0.15) is 0 Å². The van der Waals surface area contributed by atoms with Crippen LogP contribution in [0.5, 0.6) is 0 Å². The molecule has 0 spiro atoms. The van der Waals surface area contributed by atoms with Crippen molar-refractivity contribution in [3.8, 4) is 0 Å². The summed E-state index contributed by atoms with van der Waals surface area (Å²) in [5.41, 5.74) is 0. The third kappa shape index (κ3) is 6.78. The molecule has 0 aromatic rings. The average molecular weight is 442 g/mol.